The standard InChI is InChI=1S/C5H7N.3C4H6N2.2C3H5N3.2C3H4N2O.2C3H4N2S/c1-6-4-2-3-5-6;1-4-2-5-3-6-4;1-6-3-2-5-4-6;1-6-4-2-3-5-6;1-6-2-4-5-3-6;1-3-4-2-5-6-3;1-3-4-2-6-5-3;1-3-2-6-5-4-3;1-3-4-2-6-5-3;1-3-2-6-5-4-3/h2-5H,1H3;2-3H,1H3,(H,5,6);2*2-4H,1H3;2-3H,1H3;2H,1H3,(H,4,5,6);4*2H,1H3. The van der Waals surface area contributed by atoms with Gasteiger partial charge in [0.2, 0.25) is 6.39 Å². The number of nitrogens with one attached hydrogen (secondary N) is 2. The summed E-state index contributed by atoms with van der Waals surface area (Å²) in [6, 6.07) is 5.89. The number of aromatic nitrogens is 21. The van der Waals surface area contributed by atoms with E-state index in [1.165, 1.54) is 42.0 Å². The molecule has 0 aliphatic rings. The molecule has 2 N–H and O–H groups in total. The molecule has 0 bridgehead atoms. The first-order chi connectivity index (χ1) is 28.9. The van der Waals surface area contributed by atoms with Crippen LogP contribution in [0.25, 0.3) is 0 Å². The average Bonchev–Trinajstić information content (AvgIpc) is 4.06. The monoisotopic (exact) mass is 861 g/mol. The number of hydrogen-bond donors (Lipinski definition) is 2. The predicted octanol–water partition coefficient (Wildman–Crippen LogP) is 4.96. The van der Waals surface area contributed by atoms with Gasteiger partial charge in [0.15, 0.2) is 5.82 Å². The fourth-order valence-electron chi connectivity index (χ4n) is 2.81. The molecular formula is C35H51N21O2S2. The second-order valence-corrected chi connectivity index (χ2v) is 12.5. The molecule has 0 saturated heterocycles. The SMILES string of the molecule is Cc1cnc[nH]1.Cc1conn1.Cc1csnn1.Cc1ncn[nH]1.Cc1ncon1.Cc1ncsn1.Cn1cccc1.Cn1cccn1.Cn1ccnc1.Cn1cnnc1. The van der Waals surface area contributed by atoms with Crippen molar-refractivity contribution in [3.8, 4) is 0 Å². The Morgan fingerprint density at radius 3 is 1.62 bits per heavy atom. The third kappa shape index (κ3) is 31.8. The van der Waals surface area contributed by atoms with Crippen LogP contribution < -0.4 is 0 Å². The van der Waals surface area contributed by atoms with Crippen molar-refractivity contribution in [3.63, 3.8) is 0 Å². The van der Waals surface area contributed by atoms with Crippen molar-refractivity contribution in [1.82, 2.24) is 103 Å². The molecule has 0 saturated carbocycles. The van der Waals surface area contributed by atoms with Crippen LogP contribution in [0.1, 0.15) is 34.6 Å². The van der Waals surface area contributed by atoms with E-state index in [0.29, 0.717) is 5.82 Å². The van der Waals surface area contributed by atoms with Crippen molar-refractivity contribution in [3.05, 3.63) is 151 Å². The fourth-order valence-corrected chi connectivity index (χ4v) is 3.67. The maximum atomic E-state index is 4.35. The van der Waals surface area contributed by atoms with Gasteiger partial charge in [0.25, 0.3) is 0 Å². The van der Waals surface area contributed by atoms with Crippen molar-refractivity contribution >= 4 is 23.1 Å². The number of aryl methyl sites for hydroxylation is 10. The Morgan fingerprint density at radius 1 is 0.683 bits per heavy atom. The smallest absolute Gasteiger partial charge is 0.213 e. The van der Waals surface area contributed by atoms with Gasteiger partial charge in [-0.25, -0.2) is 19.9 Å². The van der Waals surface area contributed by atoms with E-state index < -0.39 is 0 Å². The maximum absolute atomic E-state index is 4.35. The Labute approximate surface area is 355 Å². The molecule has 23 nitrogen and oxygen atoms in total. The summed E-state index contributed by atoms with van der Waals surface area (Å²) in [6.07, 6.45) is 24.0. The molecule has 0 spiro atoms. The maximum Gasteiger partial charge on any atom is 0.213 e. The van der Waals surface area contributed by atoms with Crippen LogP contribution in [0.2, 0.25) is 0 Å². The zero-order valence-electron chi connectivity index (χ0n) is 35.1. The normalized spacial score (nSPS) is 8.83. The van der Waals surface area contributed by atoms with E-state index in [4.69, 9.17) is 0 Å². The predicted molar refractivity (Wildman–Crippen MR) is 225 cm³/mol. The van der Waals surface area contributed by atoms with Crippen LogP contribution in [0.15, 0.2) is 126 Å². The van der Waals surface area contributed by atoms with Crippen LogP contribution in [-0.2, 0) is 28.2 Å². The highest BCUT2D eigenvalue weighted by Gasteiger charge is 1.81. The highest BCUT2D eigenvalue weighted by Crippen LogP contribution is 1.91. The molecular weight excluding hydrogens is 811 g/mol. The van der Waals surface area contributed by atoms with Crippen LogP contribution in [-0.4, -0.2) is 103 Å². The molecule has 0 radical (unpaired) electrons. The van der Waals surface area contributed by atoms with Gasteiger partial charge in [0, 0.05) is 87.9 Å². The lowest BCUT2D eigenvalue weighted by Crippen LogP contribution is -1.83. The molecule has 10 aromatic heterocycles. The summed E-state index contributed by atoms with van der Waals surface area (Å²) in [4.78, 5) is 21.7. The van der Waals surface area contributed by atoms with Gasteiger partial charge in [-0.05, 0) is 82.8 Å². The summed E-state index contributed by atoms with van der Waals surface area (Å²) in [5.74, 6) is 2.39. The van der Waals surface area contributed by atoms with E-state index in [2.05, 4.69) is 93.9 Å². The number of imidazole rings is 2. The van der Waals surface area contributed by atoms with E-state index in [1.54, 1.807) is 65.6 Å². The minimum Gasteiger partial charge on any atom is -0.357 e. The number of nitrogens with zero attached hydrogens (tertiary/aromatic N) is 19. The van der Waals surface area contributed by atoms with Crippen molar-refractivity contribution in [2.45, 2.75) is 41.5 Å². The third-order valence-corrected chi connectivity index (χ3v) is 6.80. The summed E-state index contributed by atoms with van der Waals surface area (Å²) in [7, 11) is 7.70. The molecule has 25 heteroatoms. The minimum absolute atomic E-state index is 0.676. The lowest BCUT2D eigenvalue weighted by atomic mass is 10.6. The molecule has 0 aliphatic carbocycles. The Bertz CT molecular complexity index is 1650. The minimum atomic E-state index is 0.676. The van der Waals surface area contributed by atoms with Crippen molar-refractivity contribution in [1.29, 1.82) is 0 Å². The van der Waals surface area contributed by atoms with Gasteiger partial charge in [-0.3, -0.25) is 9.78 Å². The Kier molecular flexibility index (Phi) is 28.4. The lowest BCUT2D eigenvalue weighted by molar-refractivity contribution is 0.393. The van der Waals surface area contributed by atoms with Crippen LogP contribution >= 0.6 is 23.1 Å². The van der Waals surface area contributed by atoms with Gasteiger partial charge in [0.1, 0.15) is 48.1 Å². The van der Waals surface area contributed by atoms with Crippen molar-refractivity contribution in [2.24, 2.45) is 28.2 Å². The highest BCUT2D eigenvalue weighted by molar-refractivity contribution is 7.03. The van der Waals surface area contributed by atoms with E-state index in [9.17, 15) is 0 Å². The Morgan fingerprint density at radius 2 is 1.45 bits per heavy atom. The Hall–Kier alpha value is -7.41. The van der Waals surface area contributed by atoms with Crippen LogP contribution in [0, 0.1) is 41.5 Å². The van der Waals surface area contributed by atoms with Gasteiger partial charge < -0.3 is 27.7 Å². The Balaban J connectivity index is 0.000000333. The second kappa shape index (κ2) is 33.7. The number of hydrogen-bond acceptors (Lipinski definition) is 19. The molecule has 60 heavy (non-hydrogen) atoms. The van der Waals surface area contributed by atoms with Gasteiger partial charge in [-0.15, -0.1) is 20.4 Å². The summed E-state index contributed by atoms with van der Waals surface area (Å²) < 4.78 is 23.6. The topological polar surface area (TPSA) is 271 Å². The molecule has 10 rings (SSSR count). The molecule has 0 aliphatic heterocycles. The van der Waals surface area contributed by atoms with Gasteiger partial charge in [-0.2, -0.15) is 19.6 Å². The van der Waals surface area contributed by atoms with E-state index in [0.717, 1.165) is 28.7 Å². The van der Waals surface area contributed by atoms with Gasteiger partial charge >= 0.3 is 0 Å². The van der Waals surface area contributed by atoms with Crippen molar-refractivity contribution in [2.75, 3.05) is 0 Å². The largest absolute Gasteiger partial charge is 0.357 e. The summed E-state index contributed by atoms with van der Waals surface area (Å²) >= 11 is 2.76. The van der Waals surface area contributed by atoms with Crippen LogP contribution in [0.4, 0.5) is 0 Å². The summed E-state index contributed by atoms with van der Waals surface area (Å²) in [5.41, 5.74) is 4.64. The quantitative estimate of drug-likeness (QED) is 0.204. The van der Waals surface area contributed by atoms with Crippen LogP contribution in [0.5, 0.6) is 0 Å². The zero-order chi connectivity index (χ0) is 44.1. The highest BCUT2D eigenvalue weighted by atomic mass is 32.1. The van der Waals surface area contributed by atoms with E-state index >= 15 is 0 Å². The first kappa shape index (κ1) is 50.6. The van der Waals surface area contributed by atoms with E-state index in [-0.39, 0.29) is 0 Å². The number of H-pyrrole nitrogens is 2. The molecule has 0 unspecified atom stereocenters. The molecule has 0 atom stereocenters. The second-order valence-electron chi connectivity index (χ2n) is 11.2. The number of aromatic amines is 2. The number of rotatable bonds is 0. The fraction of sp³-hybridized carbons (Fsp3) is 0.286. The first-order valence-corrected chi connectivity index (χ1v) is 19.0. The van der Waals surface area contributed by atoms with Gasteiger partial charge in [-0.1, -0.05) is 9.64 Å². The zero-order valence-corrected chi connectivity index (χ0v) is 36.7. The third-order valence-electron chi connectivity index (χ3n) is 5.61. The van der Waals surface area contributed by atoms with E-state index in [1.807, 2.05) is 120 Å². The summed E-state index contributed by atoms with van der Waals surface area (Å²) in [5, 5.41) is 32.8. The first-order valence-electron chi connectivity index (χ1n) is 17.4. The average molecular weight is 862 g/mol. The molecule has 320 valence electrons. The van der Waals surface area contributed by atoms with Gasteiger partial charge in [0.05, 0.1) is 18.3 Å². The molecule has 0 fully saturated rings. The molecule has 0 aromatic carbocycles. The van der Waals surface area contributed by atoms with Crippen LogP contribution in [0.3, 0.4) is 0 Å². The lowest BCUT2D eigenvalue weighted by Gasteiger charge is -1.79. The summed E-state index contributed by atoms with van der Waals surface area (Å²) in [6.45, 7) is 11.2. The molecule has 10 aromatic rings. The molecule has 0 amide bonds. The molecule has 10 heterocycles. The van der Waals surface area contributed by atoms with Crippen molar-refractivity contribution < 1.29 is 9.05 Å².